The average Bonchev–Trinajstić information content (AvgIpc) is 2.39. The number of nitrogen functional groups attached to an aromatic ring is 1. The highest BCUT2D eigenvalue weighted by atomic mass is 16.2. The van der Waals surface area contributed by atoms with Crippen molar-refractivity contribution in [3.8, 4) is 0 Å². The SMILES string of the molecule is CN(Cc1ccccc1)C(=O)c1ccnc(N)c1. The second kappa shape index (κ2) is 5.31. The van der Waals surface area contributed by atoms with Gasteiger partial charge in [-0.1, -0.05) is 30.3 Å². The first-order valence-electron chi connectivity index (χ1n) is 5.68. The molecule has 0 bridgehead atoms. The number of nitrogens with zero attached hydrogens (tertiary/aromatic N) is 2. The van der Waals surface area contributed by atoms with E-state index in [9.17, 15) is 4.79 Å². The highest BCUT2D eigenvalue weighted by Gasteiger charge is 2.12. The third-order valence-corrected chi connectivity index (χ3v) is 2.64. The van der Waals surface area contributed by atoms with Crippen LogP contribution < -0.4 is 5.73 Å². The lowest BCUT2D eigenvalue weighted by molar-refractivity contribution is 0.0785. The predicted molar refractivity (Wildman–Crippen MR) is 70.9 cm³/mol. The molecule has 0 radical (unpaired) electrons. The van der Waals surface area contributed by atoms with Gasteiger partial charge >= 0.3 is 0 Å². The van der Waals surface area contributed by atoms with E-state index >= 15 is 0 Å². The van der Waals surface area contributed by atoms with Gasteiger partial charge in [-0.25, -0.2) is 4.98 Å². The molecule has 0 aliphatic rings. The Morgan fingerprint density at radius 1 is 1.28 bits per heavy atom. The quantitative estimate of drug-likeness (QED) is 0.893. The molecule has 0 saturated carbocycles. The number of benzene rings is 1. The van der Waals surface area contributed by atoms with E-state index in [1.807, 2.05) is 30.3 Å². The van der Waals surface area contributed by atoms with Gasteiger partial charge in [0.1, 0.15) is 5.82 Å². The van der Waals surface area contributed by atoms with Crippen molar-refractivity contribution in [2.45, 2.75) is 6.54 Å². The minimum Gasteiger partial charge on any atom is -0.384 e. The van der Waals surface area contributed by atoms with Crippen LogP contribution in [0.25, 0.3) is 0 Å². The maximum atomic E-state index is 12.1. The fourth-order valence-corrected chi connectivity index (χ4v) is 1.73. The molecule has 0 unspecified atom stereocenters. The van der Waals surface area contributed by atoms with Crippen molar-refractivity contribution in [2.75, 3.05) is 12.8 Å². The number of rotatable bonds is 3. The molecule has 0 fully saturated rings. The third-order valence-electron chi connectivity index (χ3n) is 2.64. The molecule has 2 N–H and O–H groups in total. The van der Waals surface area contributed by atoms with Crippen molar-refractivity contribution in [1.82, 2.24) is 9.88 Å². The molecule has 0 aliphatic heterocycles. The summed E-state index contributed by atoms with van der Waals surface area (Å²) in [5.41, 5.74) is 7.22. The number of nitrogens with two attached hydrogens (primary N) is 1. The number of pyridine rings is 1. The molecule has 0 aliphatic carbocycles. The van der Waals surface area contributed by atoms with Crippen LogP contribution in [0.3, 0.4) is 0 Å². The molecular formula is C14H15N3O. The molecule has 4 heteroatoms. The van der Waals surface area contributed by atoms with Crippen molar-refractivity contribution >= 4 is 11.7 Å². The minimum atomic E-state index is -0.0621. The van der Waals surface area contributed by atoms with Gasteiger partial charge in [-0.15, -0.1) is 0 Å². The smallest absolute Gasteiger partial charge is 0.254 e. The zero-order chi connectivity index (χ0) is 13.0. The normalized spacial score (nSPS) is 10.1. The second-order valence-corrected chi connectivity index (χ2v) is 4.12. The van der Waals surface area contributed by atoms with E-state index in [4.69, 9.17) is 5.73 Å². The van der Waals surface area contributed by atoms with Crippen LogP contribution in [-0.4, -0.2) is 22.8 Å². The fraction of sp³-hybridized carbons (Fsp3) is 0.143. The Bertz CT molecular complexity index is 540. The lowest BCUT2D eigenvalue weighted by atomic mass is 10.2. The standard InChI is InChI=1S/C14H15N3O/c1-17(10-11-5-3-2-4-6-11)14(18)12-7-8-16-13(15)9-12/h2-9H,10H2,1H3,(H2,15,16). The minimum absolute atomic E-state index is 0.0621. The number of hydrogen-bond donors (Lipinski definition) is 1. The van der Waals surface area contributed by atoms with Crippen LogP contribution >= 0.6 is 0 Å². The summed E-state index contributed by atoms with van der Waals surface area (Å²) in [7, 11) is 1.77. The Kier molecular flexibility index (Phi) is 3.57. The van der Waals surface area contributed by atoms with Gasteiger partial charge in [-0.3, -0.25) is 4.79 Å². The summed E-state index contributed by atoms with van der Waals surface area (Å²) in [6.45, 7) is 0.571. The summed E-state index contributed by atoms with van der Waals surface area (Å²) in [5.74, 6) is 0.293. The van der Waals surface area contributed by atoms with Crippen LogP contribution in [-0.2, 0) is 6.54 Å². The maximum Gasteiger partial charge on any atom is 0.254 e. The number of hydrogen-bond acceptors (Lipinski definition) is 3. The Balaban J connectivity index is 2.10. The summed E-state index contributed by atoms with van der Waals surface area (Å²) in [6.07, 6.45) is 1.54. The van der Waals surface area contributed by atoms with Gasteiger partial charge < -0.3 is 10.6 Å². The summed E-state index contributed by atoms with van der Waals surface area (Å²) >= 11 is 0. The summed E-state index contributed by atoms with van der Waals surface area (Å²) in [4.78, 5) is 17.7. The third kappa shape index (κ3) is 2.85. The maximum absolute atomic E-state index is 12.1. The van der Waals surface area contributed by atoms with Gasteiger partial charge in [0.2, 0.25) is 0 Å². The van der Waals surface area contributed by atoms with Gasteiger partial charge in [0.15, 0.2) is 0 Å². The summed E-state index contributed by atoms with van der Waals surface area (Å²) in [5, 5.41) is 0. The molecule has 1 aromatic carbocycles. The fourth-order valence-electron chi connectivity index (χ4n) is 1.73. The molecule has 0 atom stereocenters. The number of carbonyl (C=O) groups is 1. The van der Waals surface area contributed by atoms with Gasteiger partial charge in [0.25, 0.3) is 5.91 Å². The van der Waals surface area contributed by atoms with E-state index < -0.39 is 0 Å². The number of carbonyl (C=O) groups excluding carboxylic acids is 1. The molecule has 2 aromatic rings. The zero-order valence-electron chi connectivity index (χ0n) is 10.2. The molecule has 4 nitrogen and oxygen atoms in total. The lowest BCUT2D eigenvalue weighted by Crippen LogP contribution is -2.26. The highest BCUT2D eigenvalue weighted by molar-refractivity contribution is 5.94. The van der Waals surface area contributed by atoms with Crippen LogP contribution in [0.15, 0.2) is 48.7 Å². The van der Waals surface area contributed by atoms with Crippen LogP contribution in [0.1, 0.15) is 15.9 Å². The summed E-state index contributed by atoms with van der Waals surface area (Å²) < 4.78 is 0. The van der Waals surface area contributed by atoms with Gasteiger partial charge in [0.05, 0.1) is 0 Å². The van der Waals surface area contributed by atoms with Gasteiger partial charge in [0, 0.05) is 25.4 Å². The largest absolute Gasteiger partial charge is 0.384 e. The van der Waals surface area contributed by atoms with Crippen LogP contribution in [0.4, 0.5) is 5.82 Å². The van der Waals surface area contributed by atoms with Crippen LogP contribution in [0, 0.1) is 0 Å². The molecular weight excluding hydrogens is 226 g/mol. The van der Waals surface area contributed by atoms with E-state index in [1.165, 1.54) is 0 Å². The van der Waals surface area contributed by atoms with E-state index in [1.54, 1.807) is 30.3 Å². The van der Waals surface area contributed by atoms with Crippen LogP contribution in [0.2, 0.25) is 0 Å². The monoisotopic (exact) mass is 241 g/mol. The van der Waals surface area contributed by atoms with Crippen molar-refractivity contribution in [3.63, 3.8) is 0 Å². The Hall–Kier alpha value is -2.36. The summed E-state index contributed by atoms with van der Waals surface area (Å²) in [6, 6.07) is 13.1. The molecule has 1 heterocycles. The molecule has 1 aromatic heterocycles. The van der Waals surface area contributed by atoms with Crippen molar-refractivity contribution in [3.05, 3.63) is 59.8 Å². The zero-order valence-corrected chi connectivity index (χ0v) is 10.2. The Morgan fingerprint density at radius 2 is 2.00 bits per heavy atom. The van der Waals surface area contributed by atoms with Crippen molar-refractivity contribution in [2.24, 2.45) is 0 Å². The Morgan fingerprint density at radius 3 is 2.67 bits per heavy atom. The Labute approximate surface area is 106 Å². The number of amides is 1. The van der Waals surface area contributed by atoms with E-state index in [0.29, 0.717) is 17.9 Å². The van der Waals surface area contributed by atoms with E-state index in [-0.39, 0.29) is 5.91 Å². The second-order valence-electron chi connectivity index (χ2n) is 4.12. The molecule has 0 saturated heterocycles. The first kappa shape index (κ1) is 12.1. The molecule has 92 valence electrons. The van der Waals surface area contributed by atoms with Gasteiger partial charge in [-0.2, -0.15) is 0 Å². The van der Waals surface area contributed by atoms with E-state index in [2.05, 4.69) is 4.98 Å². The van der Waals surface area contributed by atoms with Gasteiger partial charge in [-0.05, 0) is 17.7 Å². The van der Waals surface area contributed by atoms with E-state index in [0.717, 1.165) is 5.56 Å². The molecule has 1 amide bonds. The molecule has 0 spiro atoms. The number of anilines is 1. The predicted octanol–water partition coefficient (Wildman–Crippen LogP) is 1.94. The number of aromatic nitrogens is 1. The van der Waals surface area contributed by atoms with Crippen LogP contribution in [0.5, 0.6) is 0 Å². The average molecular weight is 241 g/mol. The van der Waals surface area contributed by atoms with Crippen molar-refractivity contribution in [1.29, 1.82) is 0 Å². The molecule has 2 rings (SSSR count). The topological polar surface area (TPSA) is 59.2 Å². The molecule has 18 heavy (non-hydrogen) atoms. The lowest BCUT2D eigenvalue weighted by Gasteiger charge is -2.17. The first-order chi connectivity index (χ1) is 8.66. The highest BCUT2D eigenvalue weighted by Crippen LogP contribution is 2.09. The first-order valence-corrected chi connectivity index (χ1v) is 5.68. The van der Waals surface area contributed by atoms with Crippen molar-refractivity contribution < 1.29 is 4.79 Å².